The Balaban J connectivity index is 1.64. The van der Waals surface area contributed by atoms with Crippen molar-refractivity contribution in [3.05, 3.63) is 70.8 Å². The van der Waals surface area contributed by atoms with Crippen LogP contribution in [0.2, 0.25) is 0 Å². The summed E-state index contributed by atoms with van der Waals surface area (Å²) in [6.07, 6.45) is 11.3. The van der Waals surface area contributed by atoms with Gasteiger partial charge in [-0.1, -0.05) is 112 Å². The first-order valence-electron chi connectivity index (χ1n) is 15.2. The summed E-state index contributed by atoms with van der Waals surface area (Å²) in [5, 5.41) is 23.5. The van der Waals surface area contributed by atoms with Crippen molar-refractivity contribution in [2.45, 2.75) is 122 Å². The van der Waals surface area contributed by atoms with Crippen molar-refractivity contribution in [2.24, 2.45) is 5.41 Å². The maximum Gasteiger partial charge on any atom is 0.338 e. The van der Waals surface area contributed by atoms with Crippen LogP contribution in [0.5, 0.6) is 0 Å². The van der Waals surface area contributed by atoms with Crippen LogP contribution in [0.4, 0.5) is 0 Å². The lowest BCUT2D eigenvalue weighted by Crippen LogP contribution is -2.50. The molecule has 2 bridgehead atoms. The van der Waals surface area contributed by atoms with E-state index in [0.717, 1.165) is 68.9 Å². The first-order chi connectivity index (χ1) is 18.8. The standard InChI is InChI=1S/C34H48O5/c1-26-13-17-28(18-14-26)30(35)38-25-33-21-9-6-4-3-5-7-11-23-34(24-12-8-10-22-33,32(37)39-31(33)36)29-19-15-27(2)16-20-29/h13-20,31-32,36-37H,3-12,21-25H2,1-2H3. The number of aliphatic hydroxyl groups excluding tert-OH is 2. The molecule has 0 radical (unpaired) electrons. The molecule has 39 heavy (non-hydrogen) atoms. The molecule has 2 fully saturated rings. The number of rotatable bonds is 4. The molecule has 4 rings (SSSR count). The van der Waals surface area contributed by atoms with Crippen molar-refractivity contribution >= 4 is 5.97 Å². The van der Waals surface area contributed by atoms with Crippen LogP contribution in [0.1, 0.15) is 117 Å². The molecule has 0 spiro atoms. The van der Waals surface area contributed by atoms with Gasteiger partial charge >= 0.3 is 5.97 Å². The highest BCUT2D eigenvalue weighted by molar-refractivity contribution is 5.89. The van der Waals surface area contributed by atoms with Crippen molar-refractivity contribution < 1.29 is 24.5 Å². The van der Waals surface area contributed by atoms with Crippen molar-refractivity contribution in [2.75, 3.05) is 6.61 Å². The molecule has 5 nitrogen and oxygen atoms in total. The second-order valence-electron chi connectivity index (χ2n) is 12.2. The Kier molecular flexibility index (Phi) is 10.6. The largest absolute Gasteiger partial charge is 0.461 e. The van der Waals surface area contributed by atoms with Gasteiger partial charge in [0.2, 0.25) is 0 Å². The lowest BCUT2D eigenvalue weighted by atomic mass is 9.70. The SMILES string of the molecule is Cc1ccc(C(=O)OCC23CCCCCCCCCC(c4ccc(C)cc4)(CCCCC2)C(O)OC3O)cc1. The first-order valence-corrected chi connectivity index (χ1v) is 15.2. The van der Waals surface area contributed by atoms with Crippen molar-refractivity contribution in [3.63, 3.8) is 0 Å². The molecule has 214 valence electrons. The molecule has 2 N–H and O–H groups in total. The number of ether oxygens (including phenoxy) is 2. The quantitative estimate of drug-likeness (QED) is 0.395. The molecule has 0 amide bonds. The minimum atomic E-state index is -1.23. The van der Waals surface area contributed by atoms with Crippen LogP contribution in [0.25, 0.3) is 0 Å². The predicted molar refractivity (Wildman–Crippen MR) is 154 cm³/mol. The van der Waals surface area contributed by atoms with E-state index in [0.29, 0.717) is 18.4 Å². The van der Waals surface area contributed by atoms with Crippen molar-refractivity contribution in [1.29, 1.82) is 0 Å². The number of fused-ring (bicyclic) bond motifs is 4. The van der Waals surface area contributed by atoms with E-state index in [9.17, 15) is 15.0 Å². The number of aryl methyl sites for hydroxylation is 2. The van der Waals surface area contributed by atoms with E-state index in [1.165, 1.54) is 24.8 Å². The lowest BCUT2D eigenvalue weighted by molar-refractivity contribution is -0.283. The third-order valence-corrected chi connectivity index (χ3v) is 9.25. The summed E-state index contributed by atoms with van der Waals surface area (Å²) < 4.78 is 12.2. The summed E-state index contributed by atoms with van der Waals surface area (Å²) in [6.45, 7) is 4.13. The Bertz CT molecular complexity index is 1030. The molecule has 0 aromatic heterocycles. The molecule has 5 heteroatoms. The highest BCUT2D eigenvalue weighted by Crippen LogP contribution is 2.45. The zero-order valence-corrected chi connectivity index (χ0v) is 24.0. The van der Waals surface area contributed by atoms with Gasteiger partial charge in [-0.3, -0.25) is 0 Å². The number of esters is 1. The van der Waals surface area contributed by atoms with Crippen LogP contribution in [0, 0.1) is 19.3 Å². The third kappa shape index (κ3) is 7.50. The number of carbonyl (C=O) groups is 1. The minimum absolute atomic E-state index is 0.0745. The van der Waals surface area contributed by atoms with Crippen LogP contribution in [-0.4, -0.2) is 35.4 Å². The third-order valence-electron chi connectivity index (χ3n) is 9.25. The van der Waals surface area contributed by atoms with Crippen LogP contribution in [-0.2, 0) is 14.9 Å². The Labute approximate surface area is 234 Å². The van der Waals surface area contributed by atoms with Gasteiger partial charge in [0.15, 0.2) is 12.6 Å². The number of carbonyl (C=O) groups excluding carboxylic acids is 1. The molecule has 2 heterocycles. The van der Waals surface area contributed by atoms with Gasteiger partial charge in [0.25, 0.3) is 0 Å². The molecule has 2 saturated heterocycles. The molecule has 4 unspecified atom stereocenters. The van der Waals surface area contributed by atoms with Crippen LogP contribution in [0.3, 0.4) is 0 Å². The fourth-order valence-electron chi connectivity index (χ4n) is 6.55. The average Bonchev–Trinajstić information content (AvgIpc) is 2.93. The van der Waals surface area contributed by atoms with E-state index in [4.69, 9.17) is 9.47 Å². The molecule has 0 saturated carbocycles. The van der Waals surface area contributed by atoms with E-state index in [2.05, 4.69) is 31.2 Å². The zero-order valence-electron chi connectivity index (χ0n) is 24.0. The maximum atomic E-state index is 13.0. The molecule has 2 aromatic rings. The van der Waals surface area contributed by atoms with E-state index < -0.39 is 23.4 Å². The zero-order chi connectivity index (χ0) is 27.7. The summed E-state index contributed by atoms with van der Waals surface area (Å²) in [6, 6.07) is 15.8. The van der Waals surface area contributed by atoms with E-state index >= 15 is 0 Å². The van der Waals surface area contributed by atoms with Crippen LogP contribution < -0.4 is 0 Å². The molecule has 0 aliphatic carbocycles. The smallest absolute Gasteiger partial charge is 0.338 e. The predicted octanol–water partition coefficient (Wildman–Crippen LogP) is 7.53. The normalized spacial score (nSPS) is 29.4. The van der Waals surface area contributed by atoms with E-state index in [1.54, 1.807) is 12.1 Å². The van der Waals surface area contributed by atoms with Gasteiger partial charge in [-0.25, -0.2) is 4.79 Å². The summed E-state index contributed by atoms with van der Waals surface area (Å²) in [7, 11) is 0. The summed E-state index contributed by atoms with van der Waals surface area (Å²) >= 11 is 0. The summed E-state index contributed by atoms with van der Waals surface area (Å²) in [5.41, 5.74) is 2.50. The molecule has 2 aliphatic rings. The minimum Gasteiger partial charge on any atom is -0.461 e. The van der Waals surface area contributed by atoms with Crippen LogP contribution >= 0.6 is 0 Å². The fraction of sp³-hybridized carbons (Fsp3) is 0.618. The lowest BCUT2D eigenvalue weighted by Gasteiger charge is -2.45. The Morgan fingerprint density at radius 1 is 0.718 bits per heavy atom. The fourth-order valence-corrected chi connectivity index (χ4v) is 6.55. The Morgan fingerprint density at radius 3 is 1.74 bits per heavy atom. The average molecular weight is 537 g/mol. The maximum absolute atomic E-state index is 13.0. The second kappa shape index (κ2) is 13.9. The van der Waals surface area contributed by atoms with Gasteiger partial charge in [0.1, 0.15) is 6.61 Å². The monoisotopic (exact) mass is 536 g/mol. The first kappa shape index (κ1) is 29.8. The molecule has 4 atom stereocenters. The van der Waals surface area contributed by atoms with Gasteiger partial charge < -0.3 is 19.7 Å². The Hall–Kier alpha value is -2.21. The van der Waals surface area contributed by atoms with Crippen molar-refractivity contribution in [1.82, 2.24) is 0 Å². The number of aliphatic hydroxyl groups is 2. The van der Waals surface area contributed by atoms with Gasteiger partial charge in [-0.2, -0.15) is 0 Å². The summed E-state index contributed by atoms with van der Waals surface area (Å²) in [5.74, 6) is -0.386. The number of hydrogen-bond acceptors (Lipinski definition) is 5. The molecular formula is C34H48O5. The molecule has 2 aromatic carbocycles. The molecular weight excluding hydrogens is 488 g/mol. The van der Waals surface area contributed by atoms with Crippen LogP contribution in [0.15, 0.2) is 48.5 Å². The summed E-state index contributed by atoms with van der Waals surface area (Å²) in [4.78, 5) is 13.0. The van der Waals surface area contributed by atoms with E-state index in [1.807, 2.05) is 19.1 Å². The highest BCUT2D eigenvalue weighted by Gasteiger charge is 2.46. The van der Waals surface area contributed by atoms with Gasteiger partial charge in [-0.15, -0.1) is 0 Å². The second-order valence-corrected chi connectivity index (χ2v) is 12.2. The topological polar surface area (TPSA) is 76.0 Å². The molecule has 2 aliphatic heterocycles. The van der Waals surface area contributed by atoms with Gasteiger partial charge in [-0.05, 0) is 57.2 Å². The van der Waals surface area contributed by atoms with E-state index in [-0.39, 0.29) is 12.6 Å². The van der Waals surface area contributed by atoms with Crippen molar-refractivity contribution in [3.8, 4) is 0 Å². The van der Waals surface area contributed by atoms with Gasteiger partial charge in [0.05, 0.1) is 11.0 Å². The Morgan fingerprint density at radius 2 is 1.18 bits per heavy atom. The van der Waals surface area contributed by atoms with Gasteiger partial charge in [0, 0.05) is 5.41 Å². The highest BCUT2D eigenvalue weighted by atomic mass is 16.7. The number of hydrogen-bond donors (Lipinski definition) is 2. The number of benzene rings is 2.